The van der Waals surface area contributed by atoms with Crippen LogP contribution in [0.15, 0.2) is 71.1 Å². The van der Waals surface area contributed by atoms with Gasteiger partial charge in [0.2, 0.25) is 0 Å². The Morgan fingerprint density at radius 3 is 2.52 bits per heavy atom. The fraction of sp³-hybridized carbons (Fsp3) is 0.154. The summed E-state index contributed by atoms with van der Waals surface area (Å²) in [5.74, 6) is -0.0214. The summed E-state index contributed by atoms with van der Waals surface area (Å²) in [6, 6.07) is 19.0. The number of carbonyl (C=O) groups excluding carboxylic acids is 3. The maximum Gasteiger partial charge on any atom is 0.339 e. The second kappa shape index (κ2) is 9.08. The summed E-state index contributed by atoms with van der Waals surface area (Å²) in [5, 5.41) is 3.28. The van der Waals surface area contributed by atoms with Crippen molar-refractivity contribution < 1.29 is 23.5 Å². The molecule has 1 atom stereocenters. The third-order valence-electron chi connectivity index (χ3n) is 5.12. The quantitative estimate of drug-likeness (QED) is 0.326. The first-order chi connectivity index (χ1) is 15.8. The van der Waals surface area contributed by atoms with E-state index in [0.29, 0.717) is 33.6 Å². The number of furan rings is 1. The maximum atomic E-state index is 13.1. The van der Waals surface area contributed by atoms with E-state index in [1.807, 2.05) is 19.1 Å². The molecule has 0 bridgehead atoms. The lowest BCUT2D eigenvalue weighted by molar-refractivity contribution is -0.123. The number of hydrogen-bond acceptors (Lipinski definition) is 6. The zero-order valence-corrected chi connectivity index (χ0v) is 18.4. The standard InChI is InChI=1S/C26H22N2O5/c1-15-11-12-24(32-15)23-14-21(20-9-4-5-10-22(20)28-23)26(31)33-17(3)25(30)27-19-8-6-7-18(13-19)16(2)29/h4-14,17H,1-3H3,(H,27,30). The molecule has 0 fully saturated rings. The molecule has 0 aliphatic carbocycles. The van der Waals surface area contributed by atoms with E-state index in [4.69, 9.17) is 9.15 Å². The number of esters is 1. The van der Waals surface area contributed by atoms with E-state index < -0.39 is 18.0 Å². The maximum absolute atomic E-state index is 13.1. The van der Waals surface area contributed by atoms with Crippen molar-refractivity contribution in [1.29, 1.82) is 0 Å². The number of benzene rings is 2. The Balaban J connectivity index is 1.57. The lowest BCUT2D eigenvalue weighted by Crippen LogP contribution is -2.30. The van der Waals surface area contributed by atoms with Gasteiger partial charge in [-0.3, -0.25) is 9.59 Å². The van der Waals surface area contributed by atoms with Crippen LogP contribution in [-0.2, 0) is 9.53 Å². The van der Waals surface area contributed by atoms with Crippen molar-refractivity contribution in [3.8, 4) is 11.5 Å². The smallest absolute Gasteiger partial charge is 0.339 e. The van der Waals surface area contributed by atoms with Crippen molar-refractivity contribution in [3.63, 3.8) is 0 Å². The first-order valence-electron chi connectivity index (χ1n) is 10.4. The number of Topliss-reactive ketones (excluding diaryl/α,β-unsaturated/α-hetero) is 1. The highest BCUT2D eigenvalue weighted by Gasteiger charge is 2.22. The van der Waals surface area contributed by atoms with Crippen molar-refractivity contribution in [2.75, 3.05) is 5.32 Å². The average Bonchev–Trinajstić information content (AvgIpc) is 3.24. The van der Waals surface area contributed by atoms with E-state index in [2.05, 4.69) is 10.3 Å². The van der Waals surface area contributed by atoms with Gasteiger partial charge < -0.3 is 14.5 Å². The van der Waals surface area contributed by atoms with Crippen LogP contribution < -0.4 is 5.32 Å². The van der Waals surface area contributed by atoms with Gasteiger partial charge in [-0.15, -0.1) is 0 Å². The molecule has 1 N–H and O–H groups in total. The molecule has 0 saturated carbocycles. The minimum atomic E-state index is -1.07. The van der Waals surface area contributed by atoms with Gasteiger partial charge in [0, 0.05) is 16.6 Å². The number of carbonyl (C=O) groups is 3. The molecule has 2 heterocycles. The second-order valence-electron chi connectivity index (χ2n) is 7.66. The molecule has 7 heteroatoms. The number of anilines is 1. The minimum Gasteiger partial charge on any atom is -0.460 e. The predicted molar refractivity (Wildman–Crippen MR) is 124 cm³/mol. The Bertz CT molecular complexity index is 1370. The van der Waals surface area contributed by atoms with E-state index in [-0.39, 0.29) is 11.3 Å². The third kappa shape index (κ3) is 4.82. The molecular formula is C26H22N2O5. The Hall–Kier alpha value is -4.26. The molecule has 166 valence electrons. The molecule has 33 heavy (non-hydrogen) atoms. The van der Waals surface area contributed by atoms with Crippen molar-refractivity contribution in [2.24, 2.45) is 0 Å². The molecule has 0 spiro atoms. The number of pyridine rings is 1. The van der Waals surface area contributed by atoms with Crippen molar-refractivity contribution >= 4 is 34.3 Å². The number of aryl methyl sites for hydroxylation is 1. The number of nitrogens with zero attached hydrogens (tertiary/aromatic N) is 1. The topological polar surface area (TPSA) is 98.5 Å². The van der Waals surface area contributed by atoms with Crippen LogP contribution >= 0.6 is 0 Å². The summed E-state index contributed by atoms with van der Waals surface area (Å²) in [6.07, 6.45) is -1.07. The van der Waals surface area contributed by atoms with Crippen LogP contribution in [0.2, 0.25) is 0 Å². The predicted octanol–water partition coefficient (Wildman–Crippen LogP) is 5.19. The molecule has 0 aliphatic rings. The van der Waals surface area contributed by atoms with Gasteiger partial charge in [0.1, 0.15) is 11.5 Å². The van der Waals surface area contributed by atoms with E-state index in [1.165, 1.54) is 13.8 Å². The highest BCUT2D eigenvalue weighted by Crippen LogP contribution is 2.27. The van der Waals surface area contributed by atoms with Gasteiger partial charge in [0.15, 0.2) is 17.6 Å². The Labute approximate surface area is 190 Å². The number of hydrogen-bond donors (Lipinski definition) is 1. The van der Waals surface area contributed by atoms with Crippen LogP contribution in [0.1, 0.15) is 40.3 Å². The van der Waals surface area contributed by atoms with E-state index >= 15 is 0 Å². The summed E-state index contributed by atoms with van der Waals surface area (Å²) >= 11 is 0. The SMILES string of the molecule is CC(=O)c1cccc(NC(=O)C(C)OC(=O)c2cc(-c3ccc(C)o3)nc3ccccc23)c1. The molecule has 0 aliphatic heterocycles. The molecule has 0 radical (unpaired) electrons. The number of ether oxygens (including phenoxy) is 1. The highest BCUT2D eigenvalue weighted by molar-refractivity contribution is 6.06. The van der Waals surface area contributed by atoms with Crippen LogP contribution in [0, 0.1) is 6.92 Å². The summed E-state index contributed by atoms with van der Waals surface area (Å²) < 4.78 is 11.1. The number of amides is 1. The molecule has 2 aromatic heterocycles. The van der Waals surface area contributed by atoms with Crippen LogP contribution in [0.4, 0.5) is 5.69 Å². The Morgan fingerprint density at radius 1 is 1.00 bits per heavy atom. The fourth-order valence-electron chi connectivity index (χ4n) is 3.38. The van der Waals surface area contributed by atoms with E-state index in [9.17, 15) is 14.4 Å². The molecular weight excluding hydrogens is 420 g/mol. The Morgan fingerprint density at radius 2 is 1.79 bits per heavy atom. The van der Waals surface area contributed by atoms with Crippen LogP contribution in [0.25, 0.3) is 22.4 Å². The van der Waals surface area contributed by atoms with Gasteiger partial charge in [0.25, 0.3) is 5.91 Å². The first-order valence-corrected chi connectivity index (χ1v) is 10.4. The van der Waals surface area contributed by atoms with Gasteiger partial charge in [0.05, 0.1) is 11.1 Å². The fourth-order valence-corrected chi connectivity index (χ4v) is 3.38. The van der Waals surface area contributed by atoms with Gasteiger partial charge in [-0.05, 0) is 57.2 Å². The van der Waals surface area contributed by atoms with Crippen molar-refractivity contribution in [1.82, 2.24) is 4.98 Å². The third-order valence-corrected chi connectivity index (χ3v) is 5.12. The largest absolute Gasteiger partial charge is 0.460 e. The average molecular weight is 442 g/mol. The van der Waals surface area contributed by atoms with Gasteiger partial charge >= 0.3 is 5.97 Å². The zero-order valence-electron chi connectivity index (χ0n) is 18.4. The van der Waals surface area contributed by atoms with Crippen LogP contribution in [0.5, 0.6) is 0 Å². The van der Waals surface area contributed by atoms with Crippen molar-refractivity contribution in [2.45, 2.75) is 26.9 Å². The lowest BCUT2D eigenvalue weighted by Gasteiger charge is -2.15. The summed E-state index contributed by atoms with van der Waals surface area (Å²) in [7, 11) is 0. The number of aromatic nitrogens is 1. The number of para-hydroxylation sites is 1. The molecule has 1 unspecified atom stereocenters. The molecule has 4 aromatic rings. The van der Waals surface area contributed by atoms with Gasteiger partial charge in [-0.1, -0.05) is 30.3 Å². The summed E-state index contributed by atoms with van der Waals surface area (Å²) in [5.41, 5.74) is 2.30. The van der Waals surface area contributed by atoms with E-state index in [0.717, 1.165) is 5.76 Å². The number of nitrogens with one attached hydrogen (secondary N) is 1. The van der Waals surface area contributed by atoms with E-state index in [1.54, 1.807) is 54.6 Å². The summed E-state index contributed by atoms with van der Waals surface area (Å²) in [4.78, 5) is 41.8. The first kappa shape index (κ1) is 22.0. The molecule has 4 rings (SSSR count). The van der Waals surface area contributed by atoms with Crippen LogP contribution in [-0.4, -0.2) is 28.7 Å². The lowest BCUT2D eigenvalue weighted by atomic mass is 10.1. The summed E-state index contributed by atoms with van der Waals surface area (Å²) in [6.45, 7) is 4.76. The molecule has 1 amide bonds. The normalized spacial score (nSPS) is 11.7. The van der Waals surface area contributed by atoms with Crippen LogP contribution in [0.3, 0.4) is 0 Å². The van der Waals surface area contributed by atoms with Gasteiger partial charge in [-0.2, -0.15) is 0 Å². The number of rotatable bonds is 6. The highest BCUT2D eigenvalue weighted by atomic mass is 16.5. The molecule has 7 nitrogen and oxygen atoms in total. The second-order valence-corrected chi connectivity index (χ2v) is 7.66. The molecule has 2 aromatic carbocycles. The van der Waals surface area contributed by atoms with Crippen molar-refractivity contribution in [3.05, 3.63) is 83.6 Å². The number of fused-ring (bicyclic) bond motifs is 1. The Kier molecular flexibility index (Phi) is 6.04. The van der Waals surface area contributed by atoms with Gasteiger partial charge in [-0.25, -0.2) is 9.78 Å². The molecule has 0 saturated heterocycles. The minimum absolute atomic E-state index is 0.113. The number of ketones is 1. The zero-order chi connectivity index (χ0) is 23.5. The monoisotopic (exact) mass is 442 g/mol.